The molecule has 0 aromatic carbocycles. The summed E-state index contributed by atoms with van der Waals surface area (Å²) in [6.45, 7) is 3.78. The molecule has 0 radical (unpaired) electrons. The van der Waals surface area contributed by atoms with Crippen LogP contribution in [-0.4, -0.2) is 32.8 Å². The Morgan fingerprint density at radius 3 is 2.94 bits per heavy atom. The van der Waals surface area contributed by atoms with Gasteiger partial charge in [0.1, 0.15) is 0 Å². The number of hydrogen-bond acceptors (Lipinski definition) is 5. The summed E-state index contributed by atoms with van der Waals surface area (Å²) in [7, 11) is 0. The molecule has 1 unspecified atom stereocenters. The molecule has 1 rings (SSSR count). The zero-order chi connectivity index (χ0) is 12.1. The Morgan fingerprint density at radius 1 is 1.69 bits per heavy atom. The van der Waals surface area contributed by atoms with Crippen molar-refractivity contribution >= 4 is 17.7 Å². The molecule has 1 heterocycles. The van der Waals surface area contributed by atoms with Gasteiger partial charge in [-0.1, -0.05) is 0 Å². The van der Waals surface area contributed by atoms with Crippen LogP contribution < -0.4 is 5.69 Å². The summed E-state index contributed by atoms with van der Waals surface area (Å²) in [6, 6.07) is 0. The molecule has 0 saturated heterocycles. The van der Waals surface area contributed by atoms with Crippen molar-refractivity contribution in [2.75, 3.05) is 6.61 Å². The summed E-state index contributed by atoms with van der Waals surface area (Å²) in [4.78, 5) is 22.2. The Balaban J connectivity index is 2.73. The lowest BCUT2D eigenvalue weighted by Crippen LogP contribution is -2.19. The lowest BCUT2D eigenvalue weighted by atomic mass is 10.7. The number of carbonyl (C=O) groups excluding carboxylic acids is 1. The van der Waals surface area contributed by atoms with Gasteiger partial charge in [-0.05, 0) is 25.6 Å². The van der Waals surface area contributed by atoms with Gasteiger partial charge in [-0.25, -0.2) is 19.1 Å². The quantitative estimate of drug-likeness (QED) is 0.609. The average Bonchev–Trinajstić information content (AvgIpc) is 2.59. The van der Waals surface area contributed by atoms with Gasteiger partial charge in [-0.2, -0.15) is 0 Å². The molecule has 90 valence electrons. The first kappa shape index (κ1) is 12.8. The fourth-order valence-corrected chi connectivity index (χ4v) is 1.81. The normalized spacial score (nSPS) is 12.4. The second-order valence-electron chi connectivity index (χ2n) is 2.74. The molecule has 0 aliphatic heterocycles. The molecule has 8 heteroatoms. The maximum Gasteiger partial charge on any atom is 0.351 e. The number of nitrogens with one attached hydrogen (secondary N) is 1. The van der Waals surface area contributed by atoms with Crippen molar-refractivity contribution in [1.82, 2.24) is 14.8 Å². The first-order valence-corrected chi connectivity index (χ1v) is 5.60. The highest BCUT2D eigenvalue weighted by atomic mass is 32.2. The Labute approximate surface area is 95.2 Å². The summed E-state index contributed by atoms with van der Waals surface area (Å²) >= 11 is 0.543. The summed E-state index contributed by atoms with van der Waals surface area (Å²) in [5, 5.41) is 5.92. The van der Waals surface area contributed by atoms with Crippen LogP contribution in [0.5, 0.6) is 0 Å². The van der Waals surface area contributed by atoms with Crippen LogP contribution in [0.2, 0.25) is 0 Å². The van der Waals surface area contributed by atoms with Crippen molar-refractivity contribution in [2.45, 2.75) is 31.1 Å². The summed E-state index contributed by atoms with van der Waals surface area (Å²) in [5.41, 5.74) is -2.30. The van der Waals surface area contributed by atoms with Gasteiger partial charge in [0.2, 0.25) is 5.50 Å². The molecule has 0 aliphatic rings. The van der Waals surface area contributed by atoms with E-state index < -0.39 is 17.2 Å². The fraction of sp³-hybridized carbons (Fsp3) is 0.625. The zero-order valence-electron chi connectivity index (χ0n) is 8.90. The van der Waals surface area contributed by atoms with Gasteiger partial charge in [0.25, 0.3) is 0 Å². The third-order valence-corrected chi connectivity index (χ3v) is 2.64. The topological polar surface area (TPSA) is 77.0 Å². The van der Waals surface area contributed by atoms with Crippen LogP contribution in [0.25, 0.3) is 0 Å². The van der Waals surface area contributed by atoms with Crippen molar-refractivity contribution in [3.63, 3.8) is 0 Å². The largest absolute Gasteiger partial charge is 0.463 e. The minimum absolute atomic E-state index is 0.112. The van der Waals surface area contributed by atoms with E-state index in [2.05, 4.69) is 14.9 Å². The molecule has 1 N–H and O–H groups in total. The van der Waals surface area contributed by atoms with Gasteiger partial charge in [0, 0.05) is 6.54 Å². The highest BCUT2D eigenvalue weighted by molar-refractivity contribution is 8.00. The number of rotatable bonds is 5. The second-order valence-corrected chi connectivity index (χ2v) is 3.76. The molecule has 0 aliphatic carbocycles. The van der Waals surface area contributed by atoms with Crippen LogP contribution in [0.4, 0.5) is 4.39 Å². The molecule has 0 saturated carbocycles. The van der Waals surface area contributed by atoms with E-state index in [1.54, 1.807) is 13.8 Å². The van der Waals surface area contributed by atoms with Crippen LogP contribution in [0.1, 0.15) is 13.8 Å². The Bertz CT molecular complexity index is 417. The second kappa shape index (κ2) is 5.69. The highest BCUT2D eigenvalue weighted by Crippen LogP contribution is 2.21. The van der Waals surface area contributed by atoms with Crippen molar-refractivity contribution in [1.29, 1.82) is 0 Å². The van der Waals surface area contributed by atoms with E-state index in [1.165, 1.54) is 4.57 Å². The van der Waals surface area contributed by atoms with Gasteiger partial charge >= 0.3 is 11.7 Å². The monoisotopic (exact) mass is 249 g/mol. The van der Waals surface area contributed by atoms with E-state index in [0.29, 0.717) is 18.3 Å². The SMILES string of the molecule is CCOC(=O)C(F)Sc1n[nH]c(=O)n1CC. The number of thioether (sulfide) groups is 1. The maximum atomic E-state index is 13.3. The fourth-order valence-electron chi connectivity index (χ4n) is 1.02. The number of carbonyl (C=O) groups is 1. The number of alkyl halides is 1. The van der Waals surface area contributed by atoms with E-state index in [0.717, 1.165) is 0 Å². The molecular weight excluding hydrogens is 237 g/mol. The Hall–Kier alpha value is -1.31. The van der Waals surface area contributed by atoms with Crippen LogP contribution in [0.15, 0.2) is 9.95 Å². The third kappa shape index (κ3) is 2.84. The van der Waals surface area contributed by atoms with Crippen LogP contribution in [0, 0.1) is 0 Å². The van der Waals surface area contributed by atoms with E-state index in [-0.39, 0.29) is 11.8 Å². The number of H-pyrrole nitrogens is 1. The van der Waals surface area contributed by atoms with E-state index in [1.807, 2.05) is 0 Å². The number of ether oxygens (including phenoxy) is 1. The summed E-state index contributed by atoms with van der Waals surface area (Å²) in [5.74, 6) is -0.967. The van der Waals surface area contributed by atoms with Crippen LogP contribution in [-0.2, 0) is 16.1 Å². The number of nitrogens with zero attached hydrogens (tertiary/aromatic N) is 2. The molecule has 1 aromatic rings. The molecular formula is C8H12FN3O3S. The summed E-state index contributed by atoms with van der Waals surface area (Å²) < 4.78 is 19.0. The van der Waals surface area contributed by atoms with Gasteiger partial charge in [0.15, 0.2) is 5.16 Å². The zero-order valence-corrected chi connectivity index (χ0v) is 9.71. The third-order valence-electron chi connectivity index (χ3n) is 1.72. The molecule has 6 nitrogen and oxygen atoms in total. The smallest absolute Gasteiger partial charge is 0.351 e. The van der Waals surface area contributed by atoms with Crippen LogP contribution in [0.3, 0.4) is 0 Å². The number of aromatic amines is 1. The number of aromatic nitrogens is 3. The predicted molar refractivity (Wildman–Crippen MR) is 55.9 cm³/mol. The molecule has 0 amide bonds. The molecule has 0 bridgehead atoms. The minimum atomic E-state index is -1.87. The number of halogens is 1. The van der Waals surface area contributed by atoms with Gasteiger partial charge < -0.3 is 4.74 Å². The number of hydrogen-bond donors (Lipinski definition) is 1. The Morgan fingerprint density at radius 2 is 2.38 bits per heavy atom. The molecule has 1 atom stereocenters. The van der Waals surface area contributed by atoms with Crippen molar-refractivity contribution in [3.05, 3.63) is 10.5 Å². The predicted octanol–water partition coefficient (Wildman–Crippen LogP) is 0.542. The van der Waals surface area contributed by atoms with Gasteiger partial charge in [-0.15, -0.1) is 5.10 Å². The van der Waals surface area contributed by atoms with Gasteiger partial charge in [-0.3, -0.25) is 4.57 Å². The van der Waals surface area contributed by atoms with E-state index in [9.17, 15) is 14.0 Å². The lowest BCUT2D eigenvalue weighted by molar-refractivity contribution is -0.145. The molecule has 0 fully saturated rings. The molecule has 16 heavy (non-hydrogen) atoms. The molecule has 1 aromatic heterocycles. The van der Waals surface area contributed by atoms with Gasteiger partial charge in [0.05, 0.1) is 6.61 Å². The first-order chi connectivity index (χ1) is 7.60. The van der Waals surface area contributed by atoms with E-state index >= 15 is 0 Å². The highest BCUT2D eigenvalue weighted by Gasteiger charge is 2.23. The summed E-state index contributed by atoms with van der Waals surface area (Å²) in [6.07, 6.45) is 0. The lowest BCUT2D eigenvalue weighted by Gasteiger charge is -2.06. The van der Waals surface area contributed by atoms with E-state index in [4.69, 9.17) is 0 Å². The van der Waals surface area contributed by atoms with Crippen LogP contribution >= 0.6 is 11.8 Å². The van der Waals surface area contributed by atoms with Crippen molar-refractivity contribution in [2.24, 2.45) is 0 Å². The number of esters is 1. The van der Waals surface area contributed by atoms with Crippen molar-refractivity contribution in [3.8, 4) is 0 Å². The minimum Gasteiger partial charge on any atom is -0.463 e. The molecule has 0 spiro atoms. The Kier molecular flexibility index (Phi) is 4.53. The van der Waals surface area contributed by atoms with Crippen molar-refractivity contribution < 1.29 is 13.9 Å². The maximum absolute atomic E-state index is 13.3. The first-order valence-electron chi connectivity index (χ1n) is 4.72. The average molecular weight is 249 g/mol. The standard InChI is InChI=1S/C8H12FN3O3S/c1-3-12-7(14)10-11-8(12)16-5(9)6(13)15-4-2/h5H,3-4H2,1-2H3,(H,10,14).